The normalized spacial score (nSPS) is 16.6. The van der Waals surface area contributed by atoms with E-state index < -0.39 is 35.6 Å². The molecule has 0 radical (unpaired) electrons. The molecule has 4 amide bonds. The number of thiophene rings is 1. The molecule has 0 saturated carbocycles. The van der Waals surface area contributed by atoms with E-state index in [0.29, 0.717) is 35.3 Å². The van der Waals surface area contributed by atoms with Gasteiger partial charge in [0.05, 0.1) is 32.8 Å². The highest BCUT2D eigenvalue weighted by Crippen LogP contribution is 2.35. The first kappa shape index (κ1) is 32.1. The molecule has 47 heavy (non-hydrogen) atoms. The quantitative estimate of drug-likeness (QED) is 0.191. The van der Waals surface area contributed by atoms with Crippen LogP contribution >= 0.6 is 22.7 Å². The van der Waals surface area contributed by atoms with E-state index >= 15 is 0 Å². The highest BCUT2D eigenvalue weighted by atomic mass is 32.1. The fourth-order valence-corrected chi connectivity index (χ4v) is 6.79. The number of benzene rings is 2. The fourth-order valence-electron chi connectivity index (χ4n) is 5.16. The fraction of sp³-hybridized carbons (Fsp3) is 0.258. The first-order valence-corrected chi connectivity index (χ1v) is 16.1. The number of rotatable bonds is 10. The van der Waals surface area contributed by atoms with Crippen molar-refractivity contribution in [2.24, 2.45) is 0 Å². The number of halogens is 1. The number of carbonyl (C=O) groups excluding carboxylic acids is 3. The minimum atomic E-state index is -1.20. The molecular weight excluding hydrogens is 654 g/mol. The van der Waals surface area contributed by atoms with Crippen molar-refractivity contribution < 1.29 is 42.9 Å². The number of hydrogen-bond acceptors (Lipinski definition) is 10. The Kier molecular flexibility index (Phi) is 9.44. The Morgan fingerprint density at radius 2 is 1.70 bits per heavy atom. The molecule has 0 bridgehead atoms. The third-order valence-electron chi connectivity index (χ3n) is 7.37. The van der Waals surface area contributed by atoms with Crippen molar-refractivity contribution in [3.05, 3.63) is 81.6 Å². The van der Waals surface area contributed by atoms with Crippen molar-refractivity contribution in [1.29, 1.82) is 0 Å². The molecular formula is C31H28FN5O8S2. The summed E-state index contributed by atoms with van der Waals surface area (Å²) in [7, 11) is 0. The Balaban J connectivity index is 1.04. The standard InChI is InChI=1S/C31H28FN5O8S2/c32-20-3-7-22(8-4-20)45-21-5-1-18(2-6-21)27(39)34-14-26(38)37-17-31(43-9-10-44-31)12-24(37)28(40)33-13-23-11-19(15-46-23)29-35-25(16-47-29)36-30(41)42/h1-8,11,15-16,24,36H,9-10,12-14,17H2,(H,33,40)(H,34,39)(H,41,42). The number of anilines is 1. The van der Waals surface area contributed by atoms with Crippen molar-refractivity contribution in [3.8, 4) is 22.1 Å². The summed E-state index contributed by atoms with van der Waals surface area (Å²) in [6.07, 6.45) is -1.06. The van der Waals surface area contributed by atoms with Gasteiger partial charge in [0.15, 0.2) is 5.79 Å². The van der Waals surface area contributed by atoms with Gasteiger partial charge in [0, 0.05) is 33.2 Å². The van der Waals surface area contributed by atoms with Crippen LogP contribution in [0.2, 0.25) is 0 Å². The third-order valence-corrected chi connectivity index (χ3v) is 9.20. The van der Waals surface area contributed by atoms with Crippen molar-refractivity contribution in [2.75, 3.05) is 31.6 Å². The van der Waals surface area contributed by atoms with Crippen LogP contribution in [0.25, 0.3) is 10.6 Å². The predicted octanol–water partition coefficient (Wildman–Crippen LogP) is 4.28. The Labute approximate surface area is 275 Å². The Bertz CT molecular complexity index is 1770. The van der Waals surface area contributed by atoms with Gasteiger partial charge in [-0.05, 0) is 54.6 Å². The summed E-state index contributed by atoms with van der Waals surface area (Å²) in [6.45, 7) is 0.557. The molecule has 1 spiro atoms. The van der Waals surface area contributed by atoms with Gasteiger partial charge in [-0.15, -0.1) is 22.7 Å². The van der Waals surface area contributed by atoms with E-state index in [4.69, 9.17) is 19.3 Å². The van der Waals surface area contributed by atoms with Gasteiger partial charge < -0.3 is 34.9 Å². The molecule has 0 aliphatic carbocycles. The number of carboxylic acid groups (broad SMARTS) is 1. The lowest BCUT2D eigenvalue weighted by Gasteiger charge is -2.24. The number of thiazole rings is 1. The molecule has 6 rings (SSSR count). The number of aromatic nitrogens is 1. The van der Waals surface area contributed by atoms with Crippen LogP contribution in [-0.2, 0) is 25.6 Å². The molecule has 16 heteroatoms. The molecule has 2 saturated heterocycles. The highest BCUT2D eigenvalue weighted by molar-refractivity contribution is 7.14. The lowest BCUT2D eigenvalue weighted by atomic mass is 10.1. The van der Waals surface area contributed by atoms with Gasteiger partial charge in [-0.2, -0.15) is 0 Å². The van der Waals surface area contributed by atoms with Crippen LogP contribution in [0.4, 0.5) is 15.0 Å². The van der Waals surface area contributed by atoms with Crippen LogP contribution in [0.1, 0.15) is 21.7 Å². The molecule has 13 nitrogen and oxygen atoms in total. The zero-order valence-corrected chi connectivity index (χ0v) is 26.2. The first-order chi connectivity index (χ1) is 22.7. The Hall–Kier alpha value is -4.90. The SMILES string of the molecule is O=C(O)Nc1csc(-c2csc(CNC(=O)C3CC4(CN3C(=O)CNC(=O)c3ccc(Oc5ccc(F)cc5)cc3)OCCO4)c2)n1. The minimum absolute atomic E-state index is 0.0368. The number of nitrogens with one attached hydrogen (secondary N) is 3. The van der Waals surface area contributed by atoms with Gasteiger partial charge in [-0.3, -0.25) is 19.7 Å². The molecule has 244 valence electrons. The lowest BCUT2D eigenvalue weighted by Crippen LogP contribution is -2.49. The van der Waals surface area contributed by atoms with Crippen LogP contribution in [0.15, 0.2) is 65.4 Å². The summed E-state index contributed by atoms with van der Waals surface area (Å²) >= 11 is 2.69. The predicted molar refractivity (Wildman–Crippen MR) is 169 cm³/mol. The van der Waals surface area contributed by atoms with Crippen molar-refractivity contribution in [3.63, 3.8) is 0 Å². The number of likely N-dealkylation sites (tertiary alicyclic amines) is 1. The minimum Gasteiger partial charge on any atom is -0.465 e. The van der Waals surface area contributed by atoms with Crippen LogP contribution < -0.4 is 20.7 Å². The molecule has 1 atom stereocenters. The number of amides is 4. The number of nitrogens with zero attached hydrogens (tertiary/aromatic N) is 2. The second-order valence-electron chi connectivity index (χ2n) is 10.6. The van der Waals surface area contributed by atoms with Crippen molar-refractivity contribution >= 4 is 52.3 Å². The Morgan fingerprint density at radius 3 is 2.40 bits per heavy atom. The summed E-state index contributed by atoms with van der Waals surface area (Å²) in [6, 6.07) is 12.7. The van der Waals surface area contributed by atoms with E-state index in [9.17, 15) is 23.6 Å². The van der Waals surface area contributed by atoms with E-state index in [2.05, 4.69) is 20.9 Å². The van der Waals surface area contributed by atoms with Crippen LogP contribution in [0.3, 0.4) is 0 Å². The maximum Gasteiger partial charge on any atom is 0.410 e. The number of carbonyl (C=O) groups is 4. The van der Waals surface area contributed by atoms with Crippen LogP contribution in [0, 0.1) is 5.82 Å². The maximum absolute atomic E-state index is 13.4. The second kappa shape index (κ2) is 13.8. The zero-order valence-electron chi connectivity index (χ0n) is 24.6. The van der Waals surface area contributed by atoms with E-state index in [1.807, 2.05) is 11.4 Å². The van der Waals surface area contributed by atoms with E-state index in [1.54, 1.807) is 17.5 Å². The van der Waals surface area contributed by atoms with Gasteiger partial charge in [0.25, 0.3) is 5.91 Å². The number of hydrogen-bond donors (Lipinski definition) is 4. The second-order valence-corrected chi connectivity index (χ2v) is 12.5. The molecule has 4 aromatic rings. The van der Waals surface area contributed by atoms with Gasteiger partial charge in [0.1, 0.15) is 34.2 Å². The van der Waals surface area contributed by atoms with Crippen molar-refractivity contribution in [1.82, 2.24) is 20.5 Å². The van der Waals surface area contributed by atoms with Crippen LogP contribution in [-0.4, -0.2) is 76.9 Å². The first-order valence-electron chi connectivity index (χ1n) is 14.4. The number of ether oxygens (including phenoxy) is 3. The average molecular weight is 682 g/mol. The lowest BCUT2D eigenvalue weighted by molar-refractivity contribution is -0.152. The summed E-state index contributed by atoms with van der Waals surface area (Å²) in [5.41, 5.74) is 1.08. The van der Waals surface area contributed by atoms with Gasteiger partial charge in [-0.25, -0.2) is 14.2 Å². The molecule has 2 fully saturated rings. The largest absolute Gasteiger partial charge is 0.465 e. The molecule has 1 unspecified atom stereocenters. The monoisotopic (exact) mass is 681 g/mol. The molecule has 4 heterocycles. The zero-order chi connectivity index (χ0) is 33.0. The summed E-state index contributed by atoms with van der Waals surface area (Å²) in [5.74, 6) is -1.72. The molecule has 2 aromatic heterocycles. The smallest absolute Gasteiger partial charge is 0.410 e. The van der Waals surface area contributed by atoms with E-state index in [-0.39, 0.29) is 37.7 Å². The maximum atomic E-state index is 13.4. The summed E-state index contributed by atoms with van der Waals surface area (Å²) in [4.78, 5) is 56.9. The molecule has 4 N–H and O–H groups in total. The topological polar surface area (TPSA) is 168 Å². The summed E-state index contributed by atoms with van der Waals surface area (Å²) < 4.78 is 30.4. The van der Waals surface area contributed by atoms with Crippen molar-refractivity contribution in [2.45, 2.75) is 24.8 Å². The van der Waals surface area contributed by atoms with Crippen LogP contribution in [0.5, 0.6) is 11.5 Å². The van der Waals surface area contributed by atoms with E-state index in [1.165, 1.54) is 64.0 Å². The van der Waals surface area contributed by atoms with Gasteiger partial charge >= 0.3 is 6.09 Å². The Morgan fingerprint density at radius 1 is 1.00 bits per heavy atom. The average Bonchev–Trinajstić information content (AvgIpc) is 3.88. The molecule has 2 aliphatic heterocycles. The third kappa shape index (κ3) is 7.74. The van der Waals surface area contributed by atoms with E-state index in [0.717, 1.165) is 10.4 Å². The van der Waals surface area contributed by atoms with Gasteiger partial charge in [-0.1, -0.05) is 0 Å². The van der Waals surface area contributed by atoms with Gasteiger partial charge in [0.2, 0.25) is 11.8 Å². The highest BCUT2D eigenvalue weighted by Gasteiger charge is 2.52. The molecule has 2 aromatic carbocycles. The molecule has 2 aliphatic rings. The summed E-state index contributed by atoms with van der Waals surface area (Å²) in [5, 5.41) is 20.7.